The third-order valence-corrected chi connectivity index (χ3v) is 4.03. The van der Waals surface area contributed by atoms with Crippen LogP contribution in [0, 0.1) is 27.7 Å². The van der Waals surface area contributed by atoms with E-state index in [0.29, 0.717) is 5.95 Å². The molecule has 0 saturated heterocycles. The number of aromatic nitrogens is 4. The molecule has 108 valence electrons. The van der Waals surface area contributed by atoms with Crippen LogP contribution in [0.25, 0.3) is 4.96 Å². The zero-order valence-electron chi connectivity index (χ0n) is 12.4. The average molecular weight is 300 g/mol. The topological polar surface area (TPSA) is 67.5 Å². The van der Waals surface area contributed by atoms with E-state index in [2.05, 4.69) is 42.2 Å². The van der Waals surface area contributed by atoms with Gasteiger partial charge >= 0.3 is 0 Å². The van der Waals surface area contributed by atoms with Crippen molar-refractivity contribution in [3.8, 4) is 0 Å². The molecule has 3 aromatic rings. The zero-order chi connectivity index (χ0) is 15.0. The van der Waals surface area contributed by atoms with Crippen molar-refractivity contribution < 1.29 is 0 Å². The molecular formula is C14H16N6S. The lowest BCUT2D eigenvalue weighted by Crippen LogP contribution is -2.01. The fourth-order valence-electron chi connectivity index (χ4n) is 2.20. The van der Waals surface area contributed by atoms with Crippen LogP contribution >= 0.6 is 11.3 Å². The Morgan fingerprint density at radius 3 is 2.57 bits per heavy atom. The predicted octanol–water partition coefficient (Wildman–Crippen LogP) is 2.87. The van der Waals surface area contributed by atoms with Crippen molar-refractivity contribution in [1.29, 1.82) is 0 Å². The lowest BCUT2D eigenvalue weighted by atomic mass is 10.3. The monoisotopic (exact) mass is 300 g/mol. The fourth-order valence-corrected chi connectivity index (χ4v) is 3.12. The van der Waals surface area contributed by atoms with E-state index in [9.17, 15) is 0 Å². The second-order valence-electron chi connectivity index (χ2n) is 4.92. The van der Waals surface area contributed by atoms with Gasteiger partial charge in [0.25, 0.3) is 0 Å². The van der Waals surface area contributed by atoms with Crippen molar-refractivity contribution in [2.75, 3.05) is 5.43 Å². The molecule has 0 atom stereocenters. The van der Waals surface area contributed by atoms with Gasteiger partial charge in [-0.15, -0.1) is 11.3 Å². The second kappa shape index (κ2) is 5.25. The molecule has 0 saturated carbocycles. The molecule has 0 radical (unpaired) electrons. The van der Waals surface area contributed by atoms with Gasteiger partial charge in [-0.05, 0) is 33.8 Å². The summed E-state index contributed by atoms with van der Waals surface area (Å²) >= 11 is 1.63. The molecule has 0 aliphatic heterocycles. The summed E-state index contributed by atoms with van der Waals surface area (Å²) in [5.74, 6) is 0.504. The third-order valence-electron chi connectivity index (χ3n) is 3.09. The normalized spacial score (nSPS) is 11.6. The first kappa shape index (κ1) is 13.7. The van der Waals surface area contributed by atoms with Crippen LogP contribution in [0.4, 0.5) is 5.95 Å². The highest BCUT2D eigenvalue weighted by atomic mass is 32.1. The van der Waals surface area contributed by atoms with Gasteiger partial charge < -0.3 is 0 Å². The molecule has 0 spiro atoms. The molecule has 6 nitrogen and oxygen atoms in total. The Bertz CT molecular complexity index is 809. The van der Waals surface area contributed by atoms with Crippen molar-refractivity contribution in [3.05, 3.63) is 39.9 Å². The van der Waals surface area contributed by atoms with Crippen molar-refractivity contribution in [2.45, 2.75) is 27.7 Å². The summed E-state index contributed by atoms with van der Waals surface area (Å²) in [4.78, 5) is 14.1. The summed E-state index contributed by atoms with van der Waals surface area (Å²) in [7, 11) is 0. The number of fused-ring (bicyclic) bond motifs is 1. The Hall–Kier alpha value is -2.28. The molecule has 0 aliphatic rings. The van der Waals surface area contributed by atoms with Gasteiger partial charge in [-0.3, -0.25) is 4.40 Å². The van der Waals surface area contributed by atoms with Crippen molar-refractivity contribution in [2.24, 2.45) is 5.10 Å². The number of imidazole rings is 1. The lowest BCUT2D eigenvalue weighted by Gasteiger charge is -2.01. The number of aryl methyl sites for hydroxylation is 4. The average Bonchev–Trinajstić information content (AvgIpc) is 2.89. The maximum atomic E-state index is 4.52. The summed E-state index contributed by atoms with van der Waals surface area (Å²) in [6.07, 6.45) is 1.76. The molecule has 21 heavy (non-hydrogen) atoms. The van der Waals surface area contributed by atoms with Crippen LogP contribution in [0.2, 0.25) is 0 Å². The molecule has 3 aromatic heterocycles. The first-order chi connectivity index (χ1) is 10.0. The van der Waals surface area contributed by atoms with Crippen molar-refractivity contribution in [3.63, 3.8) is 0 Å². The molecule has 0 bridgehead atoms. The van der Waals surface area contributed by atoms with Crippen LogP contribution < -0.4 is 5.43 Å². The number of rotatable bonds is 3. The number of hydrogen-bond acceptors (Lipinski definition) is 6. The molecule has 7 heteroatoms. The molecule has 0 aromatic carbocycles. The maximum Gasteiger partial charge on any atom is 0.243 e. The summed E-state index contributed by atoms with van der Waals surface area (Å²) in [6.45, 7) is 7.90. The van der Waals surface area contributed by atoms with E-state index in [4.69, 9.17) is 0 Å². The number of thiazole rings is 1. The van der Waals surface area contributed by atoms with Crippen LogP contribution in [-0.2, 0) is 0 Å². The van der Waals surface area contributed by atoms with Gasteiger partial charge in [-0.2, -0.15) is 5.10 Å². The van der Waals surface area contributed by atoms with E-state index in [1.807, 2.05) is 26.8 Å². The minimum atomic E-state index is 0.504. The summed E-state index contributed by atoms with van der Waals surface area (Å²) < 4.78 is 2.09. The highest BCUT2D eigenvalue weighted by Gasteiger charge is 2.10. The number of hydrazone groups is 1. The van der Waals surface area contributed by atoms with Gasteiger partial charge in [0, 0.05) is 22.5 Å². The summed E-state index contributed by atoms with van der Waals surface area (Å²) in [5, 5.41) is 6.32. The van der Waals surface area contributed by atoms with E-state index in [1.165, 1.54) is 0 Å². The van der Waals surface area contributed by atoms with Gasteiger partial charge in [0.05, 0.1) is 17.6 Å². The van der Waals surface area contributed by atoms with Gasteiger partial charge in [-0.25, -0.2) is 20.4 Å². The molecule has 0 amide bonds. The molecule has 0 fully saturated rings. The van der Waals surface area contributed by atoms with E-state index in [1.54, 1.807) is 17.6 Å². The fraction of sp³-hybridized carbons (Fsp3) is 0.286. The number of nitrogens with one attached hydrogen (secondary N) is 1. The van der Waals surface area contributed by atoms with Crippen LogP contribution in [0.15, 0.2) is 16.5 Å². The van der Waals surface area contributed by atoms with E-state index in [0.717, 1.165) is 33.4 Å². The Kier molecular flexibility index (Phi) is 3.42. The standard InChI is InChI=1S/C14H16N6S/c1-8-5-9(2)17-13(16-8)19-15-6-12-11(4)18-14-20(12)10(3)7-21-14/h5-7H,1-4H3,(H,16,17,19)/b15-6+. The van der Waals surface area contributed by atoms with Crippen molar-refractivity contribution >= 4 is 28.5 Å². The van der Waals surface area contributed by atoms with Gasteiger partial charge in [0.2, 0.25) is 5.95 Å². The van der Waals surface area contributed by atoms with Crippen LogP contribution in [0.3, 0.4) is 0 Å². The van der Waals surface area contributed by atoms with Gasteiger partial charge in [-0.1, -0.05) is 0 Å². The third kappa shape index (κ3) is 2.64. The van der Waals surface area contributed by atoms with Gasteiger partial charge in [0.15, 0.2) is 4.96 Å². The first-order valence-electron chi connectivity index (χ1n) is 6.59. The number of anilines is 1. The number of hydrogen-bond donors (Lipinski definition) is 1. The van der Waals surface area contributed by atoms with Crippen LogP contribution in [0.1, 0.15) is 28.5 Å². The Labute approximate surface area is 126 Å². The minimum absolute atomic E-state index is 0.504. The maximum absolute atomic E-state index is 4.52. The molecule has 3 heterocycles. The second-order valence-corrected chi connectivity index (χ2v) is 5.76. The largest absolute Gasteiger partial charge is 0.286 e. The van der Waals surface area contributed by atoms with Crippen LogP contribution in [0.5, 0.6) is 0 Å². The Balaban J connectivity index is 1.88. The highest BCUT2D eigenvalue weighted by Crippen LogP contribution is 2.19. The molecule has 1 N–H and O–H groups in total. The highest BCUT2D eigenvalue weighted by molar-refractivity contribution is 7.15. The van der Waals surface area contributed by atoms with Gasteiger partial charge in [0.1, 0.15) is 0 Å². The lowest BCUT2D eigenvalue weighted by molar-refractivity contribution is 1.03. The smallest absolute Gasteiger partial charge is 0.243 e. The number of nitrogens with zero attached hydrogens (tertiary/aromatic N) is 5. The Morgan fingerprint density at radius 1 is 1.14 bits per heavy atom. The van der Waals surface area contributed by atoms with Crippen LogP contribution in [-0.4, -0.2) is 25.6 Å². The van der Waals surface area contributed by atoms with Crippen molar-refractivity contribution in [1.82, 2.24) is 19.4 Å². The minimum Gasteiger partial charge on any atom is -0.286 e. The SMILES string of the molecule is Cc1cc(C)nc(N/N=C/c2c(C)nc3scc(C)n23)n1. The quantitative estimate of drug-likeness (QED) is 0.596. The first-order valence-corrected chi connectivity index (χ1v) is 7.47. The van der Waals surface area contributed by atoms with E-state index >= 15 is 0 Å². The molecular weight excluding hydrogens is 284 g/mol. The Morgan fingerprint density at radius 2 is 1.86 bits per heavy atom. The predicted molar refractivity (Wildman–Crippen MR) is 85.3 cm³/mol. The zero-order valence-corrected chi connectivity index (χ0v) is 13.2. The summed E-state index contributed by atoms with van der Waals surface area (Å²) in [5.41, 5.74) is 7.79. The molecule has 0 unspecified atom stereocenters. The molecule has 0 aliphatic carbocycles. The van der Waals surface area contributed by atoms with E-state index in [-0.39, 0.29) is 0 Å². The van der Waals surface area contributed by atoms with E-state index < -0.39 is 0 Å². The summed E-state index contributed by atoms with van der Waals surface area (Å²) in [6, 6.07) is 1.92. The molecule has 3 rings (SSSR count).